The maximum absolute atomic E-state index is 13.1. The van der Waals surface area contributed by atoms with Crippen molar-refractivity contribution >= 4 is 12.0 Å². The van der Waals surface area contributed by atoms with Gasteiger partial charge in [0.15, 0.2) is 0 Å². The lowest BCUT2D eigenvalue weighted by atomic mass is 9.47. The molecule has 0 aromatic carbocycles. The van der Waals surface area contributed by atoms with Crippen LogP contribution in [0.25, 0.3) is 0 Å². The van der Waals surface area contributed by atoms with E-state index in [1.54, 1.807) is 4.90 Å². The highest BCUT2D eigenvalue weighted by atomic mass is 16.6. The standard InChI is InChI=1S/C33H58N4O4/c1-22(2)26-10-11-27-25-9-8-23-20-24(12-14-32(23,3)28(25)13-15-33(26,27)4)41-31(40)36-29(21-38)30(39)37(19-7-17-35)18-6-5-16-34/h8,22,24-29,38H,5-7,9-21,34-35H2,1-4H3,(H,36,40). The van der Waals surface area contributed by atoms with Crippen LogP contribution in [0.2, 0.25) is 0 Å². The maximum atomic E-state index is 13.1. The number of nitrogens with one attached hydrogen (secondary N) is 1. The van der Waals surface area contributed by atoms with E-state index in [0.717, 1.165) is 68.1 Å². The molecule has 0 radical (unpaired) electrons. The fourth-order valence-electron chi connectivity index (χ4n) is 9.66. The van der Waals surface area contributed by atoms with Crippen LogP contribution >= 0.6 is 0 Å². The van der Waals surface area contributed by atoms with Crippen molar-refractivity contribution in [1.82, 2.24) is 10.2 Å². The molecule has 0 spiro atoms. The van der Waals surface area contributed by atoms with Gasteiger partial charge in [0, 0.05) is 19.5 Å². The number of rotatable bonds is 12. The summed E-state index contributed by atoms with van der Waals surface area (Å²) >= 11 is 0. The van der Waals surface area contributed by atoms with Gasteiger partial charge in [0.1, 0.15) is 12.1 Å². The van der Waals surface area contributed by atoms with Crippen molar-refractivity contribution in [2.24, 2.45) is 51.9 Å². The Morgan fingerprint density at radius 3 is 2.46 bits per heavy atom. The predicted octanol–water partition coefficient (Wildman–Crippen LogP) is 4.59. The molecule has 3 fully saturated rings. The zero-order valence-electron chi connectivity index (χ0n) is 26.2. The molecule has 0 aromatic heterocycles. The summed E-state index contributed by atoms with van der Waals surface area (Å²) in [6.45, 7) is 11.5. The number of nitrogens with two attached hydrogens (primary N) is 2. The number of aliphatic hydroxyl groups is 1. The third-order valence-corrected chi connectivity index (χ3v) is 11.8. The molecule has 0 aliphatic heterocycles. The first-order valence-corrected chi connectivity index (χ1v) is 16.6. The molecule has 2 amide bonds. The first-order valence-electron chi connectivity index (χ1n) is 16.6. The summed E-state index contributed by atoms with van der Waals surface area (Å²) in [5, 5.41) is 12.6. The molecule has 8 nitrogen and oxygen atoms in total. The van der Waals surface area contributed by atoms with Gasteiger partial charge in [0.2, 0.25) is 5.91 Å². The minimum absolute atomic E-state index is 0.188. The Kier molecular flexibility index (Phi) is 10.8. The lowest BCUT2D eigenvalue weighted by Gasteiger charge is -2.58. The molecular formula is C33H58N4O4. The number of hydrogen-bond acceptors (Lipinski definition) is 6. The average Bonchev–Trinajstić information content (AvgIpc) is 3.31. The van der Waals surface area contributed by atoms with Gasteiger partial charge in [-0.05, 0) is 118 Å². The van der Waals surface area contributed by atoms with E-state index >= 15 is 0 Å². The number of carbonyl (C=O) groups is 2. The van der Waals surface area contributed by atoms with Gasteiger partial charge in [-0.25, -0.2) is 4.79 Å². The second-order valence-corrected chi connectivity index (χ2v) is 14.3. The lowest BCUT2D eigenvalue weighted by Crippen LogP contribution is -2.52. The van der Waals surface area contributed by atoms with E-state index in [2.05, 4.69) is 39.1 Å². The van der Waals surface area contributed by atoms with Crippen LogP contribution in [0.1, 0.15) is 98.3 Å². The molecule has 8 atom stereocenters. The van der Waals surface area contributed by atoms with Crippen LogP contribution in [-0.4, -0.2) is 66.9 Å². The second-order valence-electron chi connectivity index (χ2n) is 14.3. The molecule has 234 valence electrons. The summed E-state index contributed by atoms with van der Waals surface area (Å²) in [5.74, 6) is 3.63. The van der Waals surface area contributed by atoms with Crippen molar-refractivity contribution in [1.29, 1.82) is 0 Å². The van der Waals surface area contributed by atoms with Crippen LogP contribution in [0.4, 0.5) is 4.79 Å². The Bertz CT molecular complexity index is 940. The lowest BCUT2D eigenvalue weighted by molar-refractivity contribution is -0.134. The molecular weight excluding hydrogens is 516 g/mol. The van der Waals surface area contributed by atoms with Gasteiger partial charge >= 0.3 is 6.09 Å². The van der Waals surface area contributed by atoms with Crippen molar-refractivity contribution in [3.8, 4) is 0 Å². The van der Waals surface area contributed by atoms with Gasteiger partial charge in [0.25, 0.3) is 0 Å². The van der Waals surface area contributed by atoms with Crippen molar-refractivity contribution in [3.63, 3.8) is 0 Å². The number of unbranched alkanes of at least 4 members (excludes halogenated alkanes) is 1. The van der Waals surface area contributed by atoms with Gasteiger partial charge in [-0.3, -0.25) is 4.79 Å². The first-order chi connectivity index (χ1) is 19.6. The summed E-state index contributed by atoms with van der Waals surface area (Å²) in [6.07, 6.45) is 13.1. The Balaban J connectivity index is 1.35. The summed E-state index contributed by atoms with van der Waals surface area (Å²) in [5.41, 5.74) is 13.4. The fraction of sp³-hybridized carbons (Fsp3) is 0.879. The molecule has 6 N–H and O–H groups in total. The third-order valence-electron chi connectivity index (χ3n) is 11.8. The van der Waals surface area contributed by atoms with Crippen LogP contribution in [0, 0.1) is 40.4 Å². The molecule has 4 rings (SSSR count). The molecule has 0 saturated heterocycles. The first kappa shape index (κ1) is 32.3. The number of alkyl carbamates (subject to hydrolysis) is 1. The molecule has 0 bridgehead atoms. The minimum Gasteiger partial charge on any atom is -0.446 e. The normalized spacial score (nSPS) is 35.1. The summed E-state index contributed by atoms with van der Waals surface area (Å²) < 4.78 is 5.88. The molecule has 4 aliphatic carbocycles. The summed E-state index contributed by atoms with van der Waals surface area (Å²) in [4.78, 5) is 27.7. The van der Waals surface area contributed by atoms with E-state index in [9.17, 15) is 14.7 Å². The monoisotopic (exact) mass is 574 g/mol. The topological polar surface area (TPSA) is 131 Å². The number of amides is 2. The summed E-state index contributed by atoms with van der Waals surface area (Å²) in [6, 6.07) is -1.03. The van der Waals surface area contributed by atoms with Gasteiger partial charge in [-0.1, -0.05) is 39.3 Å². The summed E-state index contributed by atoms with van der Waals surface area (Å²) in [7, 11) is 0. The van der Waals surface area contributed by atoms with Gasteiger partial charge in [-0.15, -0.1) is 0 Å². The molecule has 8 unspecified atom stereocenters. The van der Waals surface area contributed by atoms with Gasteiger partial charge < -0.3 is 31.5 Å². The van der Waals surface area contributed by atoms with Crippen molar-refractivity contribution in [2.75, 3.05) is 32.8 Å². The second kappa shape index (κ2) is 13.8. The smallest absolute Gasteiger partial charge is 0.408 e. The Morgan fingerprint density at radius 2 is 1.78 bits per heavy atom. The number of ether oxygens (including phenoxy) is 1. The Hall–Kier alpha value is -1.64. The van der Waals surface area contributed by atoms with Crippen LogP contribution in [0.15, 0.2) is 11.6 Å². The van der Waals surface area contributed by atoms with Gasteiger partial charge in [0.05, 0.1) is 6.61 Å². The quantitative estimate of drug-likeness (QED) is 0.199. The number of hydrogen-bond donors (Lipinski definition) is 4. The number of carbonyl (C=O) groups excluding carboxylic acids is 2. The Morgan fingerprint density at radius 1 is 1.05 bits per heavy atom. The molecule has 0 aromatic rings. The van der Waals surface area contributed by atoms with E-state index in [0.29, 0.717) is 38.0 Å². The van der Waals surface area contributed by atoms with E-state index in [1.807, 2.05) is 0 Å². The van der Waals surface area contributed by atoms with E-state index in [-0.39, 0.29) is 17.4 Å². The molecule has 4 aliphatic rings. The van der Waals surface area contributed by atoms with E-state index in [1.165, 1.54) is 31.3 Å². The molecule has 8 heteroatoms. The number of nitrogens with zero attached hydrogens (tertiary/aromatic N) is 1. The van der Waals surface area contributed by atoms with Gasteiger partial charge in [-0.2, -0.15) is 0 Å². The number of aliphatic hydroxyl groups excluding tert-OH is 1. The highest BCUT2D eigenvalue weighted by Crippen LogP contribution is 2.67. The molecule has 3 saturated carbocycles. The molecule has 41 heavy (non-hydrogen) atoms. The SMILES string of the molecule is CC(C)C1CCC2C3CC=C4CC(OC(=O)NC(CO)C(=O)N(CCCN)CCCCN)CCC4(C)C3CCC12C. The van der Waals surface area contributed by atoms with Crippen LogP contribution in [0.3, 0.4) is 0 Å². The molecule has 0 heterocycles. The minimum atomic E-state index is -1.03. The van der Waals surface area contributed by atoms with Crippen molar-refractivity contribution in [3.05, 3.63) is 11.6 Å². The maximum Gasteiger partial charge on any atom is 0.408 e. The van der Waals surface area contributed by atoms with E-state index in [4.69, 9.17) is 16.2 Å². The number of fused-ring (bicyclic) bond motifs is 5. The van der Waals surface area contributed by atoms with Crippen LogP contribution in [-0.2, 0) is 9.53 Å². The highest BCUT2D eigenvalue weighted by Gasteiger charge is 2.59. The van der Waals surface area contributed by atoms with E-state index < -0.39 is 18.7 Å². The van der Waals surface area contributed by atoms with Crippen molar-refractivity contribution in [2.45, 2.75) is 110 Å². The zero-order chi connectivity index (χ0) is 29.8. The zero-order valence-corrected chi connectivity index (χ0v) is 26.2. The van der Waals surface area contributed by atoms with Crippen molar-refractivity contribution < 1.29 is 19.4 Å². The average molecular weight is 575 g/mol. The Labute approximate surface area is 248 Å². The van der Waals surface area contributed by atoms with Crippen LogP contribution in [0.5, 0.6) is 0 Å². The third kappa shape index (κ3) is 6.65. The fourth-order valence-corrected chi connectivity index (χ4v) is 9.66. The number of allylic oxidation sites excluding steroid dienone is 1. The van der Waals surface area contributed by atoms with Crippen LogP contribution < -0.4 is 16.8 Å². The largest absolute Gasteiger partial charge is 0.446 e. The highest BCUT2D eigenvalue weighted by molar-refractivity contribution is 5.85. The predicted molar refractivity (Wildman–Crippen MR) is 163 cm³/mol.